The van der Waals surface area contributed by atoms with Gasteiger partial charge in [-0.25, -0.2) is 4.79 Å². The van der Waals surface area contributed by atoms with Gasteiger partial charge in [-0.1, -0.05) is 60.1 Å². The summed E-state index contributed by atoms with van der Waals surface area (Å²) in [5, 5.41) is 7.55. The molecule has 0 spiro atoms. The summed E-state index contributed by atoms with van der Waals surface area (Å²) in [7, 11) is 7.72. The molecule has 6 nitrogen and oxygen atoms in total. The van der Waals surface area contributed by atoms with Gasteiger partial charge in [0, 0.05) is 34.4 Å². The SMILES string of the molecule is CN(C)C.Cn1c(CNC(=O)Nc2ccccc2)c(-c2ccccc2)c2cc(Cl)ccc2c1=O. The highest BCUT2D eigenvalue weighted by atomic mass is 35.5. The third kappa shape index (κ3) is 6.25. The molecule has 0 aliphatic heterocycles. The van der Waals surface area contributed by atoms with Crippen LogP contribution >= 0.6 is 11.6 Å². The fourth-order valence-corrected chi connectivity index (χ4v) is 3.70. The maximum Gasteiger partial charge on any atom is 0.319 e. The number of rotatable bonds is 4. The number of halogens is 1. The Labute approximate surface area is 204 Å². The number of hydrogen-bond donors (Lipinski definition) is 2. The second-order valence-electron chi connectivity index (χ2n) is 8.26. The van der Waals surface area contributed by atoms with Gasteiger partial charge >= 0.3 is 6.03 Å². The molecule has 0 radical (unpaired) electrons. The van der Waals surface area contributed by atoms with E-state index in [4.69, 9.17) is 11.6 Å². The molecule has 2 N–H and O–H groups in total. The van der Waals surface area contributed by atoms with Gasteiger partial charge in [-0.2, -0.15) is 0 Å². The van der Waals surface area contributed by atoms with Crippen LogP contribution in [0.5, 0.6) is 0 Å². The largest absolute Gasteiger partial charge is 0.332 e. The van der Waals surface area contributed by atoms with Crippen LogP contribution in [0.4, 0.5) is 10.5 Å². The van der Waals surface area contributed by atoms with E-state index < -0.39 is 0 Å². The number of anilines is 1. The van der Waals surface area contributed by atoms with Gasteiger partial charge < -0.3 is 20.1 Å². The van der Waals surface area contributed by atoms with E-state index in [0.29, 0.717) is 21.8 Å². The Kier molecular flexibility index (Phi) is 8.46. The Morgan fingerprint density at radius 3 is 2.12 bits per heavy atom. The van der Waals surface area contributed by atoms with Crippen LogP contribution in [0.3, 0.4) is 0 Å². The van der Waals surface area contributed by atoms with E-state index in [0.717, 1.165) is 16.5 Å². The quantitative estimate of drug-likeness (QED) is 0.416. The topological polar surface area (TPSA) is 66.4 Å². The van der Waals surface area contributed by atoms with Crippen molar-refractivity contribution in [3.63, 3.8) is 0 Å². The normalized spacial score (nSPS) is 10.5. The number of fused-ring (bicyclic) bond motifs is 1. The van der Waals surface area contributed by atoms with E-state index in [1.165, 1.54) is 0 Å². The average molecular weight is 477 g/mol. The van der Waals surface area contributed by atoms with Crippen LogP contribution in [0.2, 0.25) is 5.02 Å². The van der Waals surface area contributed by atoms with E-state index in [-0.39, 0.29) is 18.1 Å². The highest BCUT2D eigenvalue weighted by molar-refractivity contribution is 6.31. The van der Waals surface area contributed by atoms with Crippen LogP contribution in [0.15, 0.2) is 83.7 Å². The van der Waals surface area contributed by atoms with Crippen molar-refractivity contribution in [1.29, 1.82) is 0 Å². The molecule has 0 aliphatic carbocycles. The van der Waals surface area contributed by atoms with Crippen molar-refractivity contribution in [3.8, 4) is 11.1 Å². The first kappa shape index (κ1) is 25.0. The van der Waals surface area contributed by atoms with Gasteiger partial charge in [0.1, 0.15) is 0 Å². The molecule has 0 saturated carbocycles. The van der Waals surface area contributed by atoms with E-state index in [1.807, 2.05) is 86.7 Å². The minimum atomic E-state index is -0.348. The minimum absolute atomic E-state index is 0.137. The Hall–Kier alpha value is -3.61. The van der Waals surface area contributed by atoms with Crippen molar-refractivity contribution < 1.29 is 4.79 Å². The molecule has 3 aromatic carbocycles. The van der Waals surface area contributed by atoms with Crippen LogP contribution in [0.1, 0.15) is 5.69 Å². The van der Waals surface area contributed by atoms with Crippen molar-refractivity contribution >= 4 is 34.1 Å². The fourth-order valence-electron chi connectivity index (χ4n) is 3.53. The summed E-state index contributed by atoms with van der Waals surface area (Å²) in [6.07, 6.45) is 0. The number of amides is 2. The van der Waals surface area contributed by atoms with E-state index in [9.17, 15) is 9.59 Å². The maximum atomic E-state index is 13.0. The predicted molar refractivity (Wildman–Crippen MR) is 142 cm³/mol. The van der Waals surface area contributed by atoms with Gasteiger partial charge in [0.15, 0.2) is 0 Å². The molecule has 0 saturated heterocycles. The number of hydrogen-bond acceptors (Lipinski definition) is 3. The molecular formula is C27H29ClN4O2. The molecule has 0 fully saturated rings. The van der Waals surface area contributed by atoms with E-state index in [1.54, 1.807) is 29.8 Å². The van der Waals surface area contributed by atoms with E-state index >= 15 is 0 Å². The zero-order valence-electron chi connectivity index (χ0n) is 19.8. The maximum absolute atomic E-state index is 13.0. The first-order chi connectivity index (χ1) is 16.3. The highest BCUT2D eigenvalue weighted by Gasteiger charge is 2.17. The molecule has 34 heavy (non-hydrogen) atoms. The Morgan fingerprint density at radius 1 is 0.912 bits per heavy atom. The van der Waals surface area contributed by atoms with Crippen molar-refractivity contribution in [2.24, 2.45) is 7.05 Å². The number of aromatic nitrogens is 1. The average Bonchev–Trinajstić information content (AvgIpc) is 2.81. The molecule has 4 rings (SSSR count). The molecule has 0 aliphatic rings. The Morgan fingerprint density at radius 2 is 1.50 bits per heavy atom. The molecule has 176 valence electrons. The predicted octanol–water partition coefficient (Wildman–Crippen LogP) is 5.36. The zero-order valence-corrected chi connectivity index (χ0v) is 20.6. The van der Waals surface area contributed by atoms with Gasteiger partial charge in [0.25, 0.3) is 5.56 Å². The number of carbonyl (C=O) groups is 1. The number of pyridine rings is 1. The molecular weight excluding hydrogens is 448 g/mol. The van der Waals surface area contributed by atoms with Crippen molar-refractivity contribution in [3.05, 3.63) is 99.9 Å². The summed E-state index contributed by atoms with van der Waals surface area (Å²) >= 11 is 6.25. The lowest BCUT2D eigenvalue weighted by molar-refractivity contribution is 0.251. The Balaban J connectivity index is 0.000000751. The fraction of sp³-hybridized carbons (Fsp3) is 0.185. The number of carbonyl (C=O) groups excluding carboxylic acids is 1. The summed E-state index contributed by atoms with van der Waals surface area (Å²) in [5.74, 6) is 0. The summed E-state index contributed by atoms with van der Waals surface area (Å²) in [4.78, 5) is 27.4. The molecule has 4 aromatic rings. The Bertz CT molecular complexity index is 1320. The second-order valence-corrected chi connectivity index (χ2v) is 8.69. The van der Waals surface area contributed by atoms with Crippen LogP contribution < -0.4 is 16.2 Å². The lowest BCUT2D eigenvalue weighted by atomic mass is 9.96. The first-order valence-electron chi connectivity index (χ1n) is 10.8. The molecule has 0 bridgehead atoms. The zero-order chi connectivity index (χ0) is 24.7. The lowest BCUT2D eigenvalue weighted by Crippen LogP contribution is -2.32. The molecule has 1 heterocycles. The molecule has 0 unspecified atom stereocenters. The summed E-state index contributed by atoms with van der Waals surface area (Å²) in [6.45, 7) is 0.178. The number of nitrogens with zero attached hydrogens (tertiary/aromatic N) is 2. The van der Waals surface area contributed by atoms with Crippen molar-refractivity contribution in [2.75, 3.05) is 26.5 Å². The van der Waals surface area contributed by atoms with E-state index in [2.05, 4.69) is 10.6 Å². The molecule has 0 atom stereocenters. The van der Waals surface area contributed by atoms with Crippen molar-refractivity contribution in [1.82, 2.24) is 14.8 Å². The monoisotopic (exact) mass is 476 g/mol. The van der Waals surface area contributed by atoms with Gasteiger partial charge in [0.05, 0.1) is 6.54 Å². The number of nitrogens with one attached hydrogen (secondary N) is 2. The number of urea groups is 1. The van der Waals surface area contributed by atoms with Crippen LogP contribution in [-0.4, -0.2) is 36.6 Å². The van der Waals surface area contributed by atoms with Crippen molar-refractivity contribution in [2.45, 2.75) is 6.54 Å². The smallest absolute Gasteiger partial charge is 0.319 e. The summed E-state index contributed by atoms with van der Waals surface area (Å²) in [6, 6.07) is 23.9. The number of benzene rings is 3. The third-order valence-corrected chi connectivity index (χ3v) is 5.23. The van der Waals surface area contributed by atoms with Gasteiger partial charge in [0.2, 0.25) is 0 Å². The van der Waals surface area contributed by atoms with Gasteiger partial charge in [-0.05, 0) is 62.4 Å². The van der Waals surface area contributed by atoms with Gasteiger partial charge in [-0.15, -0.1) is 0 Å². The number of para-hydroxylation sites is 1. The summed E-state index contributed by atoms with van der Waals surface area (Å²) < 4.78 is 1.58. The van der Waals surface area contributed by atoms with Crippen LogP contribution in [-0.2, 0) is 13.6 Å². The molecule has 2 amide bonds. The molecule has 1 aromatic heterocycles. The van der Waals surface area contributed by atoms with Crippen LogP contribution in [0.25, 0.3) is 21.9 Å². The van der Waals surface area contributed by atoms with Gasteiger partial charge in [-0.3, -0.25) is 4.79 Å². The third-order valence-electron chi connectivity index (χ3n) is 4.99. The highest BCUT2D eigenvalue weighted by Crippen LogP contribution is 2.32. The summed E-state index contributed by atoms with van der Waals surface area (Å²) in [5.41, 5.74) is 3.07. The second kappa shape index (κ2) is 11.5. The lowest BCUT2D eigenvalue weighted by Gasteiger charge is -2.18. The standard InChI is InChI=1S/C24H20ClN3O2.C3H9N/c1-28-21(15-26-24(30)27-18-10-6-3-7-11-18)22(16-8-4-2-5-9-16)20-14-17(25)12-13-19(20)23(28)29;1-4(2)3/h2-14H,15H2,1H3,(H2,26,27,30);1-3H3. The molecule has 7 heteroatoms. The van der Waals surface area contributed by atoms with Crippen LogP contribution in [0, 0.1) is 0 Å². The first-order valence-corrected chi connectivity index (χ1v) is 11.2. The minimum Gasteiger partial charge on any atom is -0.332 e.